The van der Waals surface area contributed by atoms with Crippen LogP contribution in [0.4, 0.5) is 0 Å². The molecule has 1 aromatic carbocycles. The van der Waals surface area contributed by atoms with Crippen molar-refractivity contribution in [2.45, 2.75) is 32.6 Å². The molecule has 2 heteroatoms. The van der Waals surface area contributed by atoms with Crippen LogP contribution in [0, 0.1) is 5.92 Å². The Balaban J connectivity index is 2.87. The van der Waals surface area contributed by atoms with Gasteiger partial charge in [0.2, 0.25) is 0 Å². The molecule has 2 unspecified atom stereocenters. The molecule has 0 radical (unpaired) electrons. The number of halogens is 1. The minimum absolute atomic E-state index is 0.473. The first-order chi connectivity index (χ1) is 7.20. The molecule has 1 rings (SSSR count). The molecule has 0 saturated heterocycles. The van der Waals surface area contributed by atoms with Crippen LogP contribution in [0.15, 0.2) is 28.7 Å². The van der Waals surface area contributed by atoms with Crippen LogP contribution in [0.5, 0.6) is 0 Å². The monoisotopic (exact) mass is 269 g/mol. The number of hydrogen-bond donors (Lipinski definition) is 1. The van der Waals surface area contributed by atoms with Crippen LogP contribution in [0.3, 0.4) is 0 Å². The first-order valence-corrected chi connectivity index (χ1v) is 6.44. The highest BCUT2D eigenvalue weighted by atomic mass is 79.9. The lowest BCUT2D eigenvalue weighted by Crippen LogP contribution is -2.20. The molecule has 0 saturated carbocycles. The van der Waals surface area contributed by atoms with Gasteiger partial charge in [0.15, 0.2) is 0 Å². The largest absolute Gasteiger partial charge is 0.330 e. The molecule has 1 nitrogen and oxygen atoms in total. The Morgan fingerprint density at radius 1 is 1.33 bits per heavy atom. The maximum absolute atomic E-state index is 5.88. The van der Waals surface area contributed by atoms with Crippen molar-refractivity contribution in [1.29, 1.82) is 0 Å². The molecule has 0 aromatic heterocycles. The third-order valence-electron chi connectivity index (χ3n) is 2.99. The second kappa shape index (κ2) is 6.29. The number of nitrogens with two attached hydrogens (primary N) is 1. The molecule has 0 amide bonds. The van der Waals surface area contributed by atoms with E-state index < -0.39 is 0 Å². The van der Waals surface area contributed by atoms with E-state index in [9.17, 15) is 0 Å². The van der Waals surface area contributed by atoms with Crippen LogP contribution in [-0.2, 0) is 0 Å². The minimum Gasteiger partial charge on any atom is -0.330 e. The van der Waals surface area contributed by atoms with Gasteiger partial charge < -0.3 is 5.73 Å². The van der Waals surface area contributed by atoms with Crippen molar-refractivity contribution in [3.05, 3.63) is 34.3 Å². The molecule has 0 aliphatic heterocycles. The van der Waals surface area contributed by atoms with Gasteiger partial charge >= 0.3 is 0 Å². The lowest BCUT2D eigenvalue weighted by molar-refractivity contribution is 0.429. The smallest absolute Gasteiger partial charge is 0.0210 e. The van der Waals surface area contributed by atoms with E-state index in [1.807, 2.05) is 6.07 Å². The second-order valence-electron chi connectivity index (χ2n) is 4.13. The minimum atomic E-state index is 0.473. The van der Waals surface area contributed by atoms with Crippen molar-refractivity contribution in [3.8, 4) is 0 Å². The summed E-state index contributed by atoms with van der Waals surface area (Å²) >= 11 is 3.60. The van der Waals surface area contributed by atoms with Crippen molar-refractivity contribution in [1.82, 2.24) is 0 Å². The fourth-order valence-corrected chi connectivity index (χ4v) is 2.68. The molecule has 0 aliphatic carbocycles. The van der Waals surface area contributed by atoms with Gasteiger partial charge in [0.05, 0.1) is 0 Å². The summed E-state index contributed by atoms with van der Waals surface area (Å²) in [6.45, 7) is 5.24. The molecule has 0 bridgehead atoms. The molecule has 15 heavy (non-hydrogen) atoms. The highest BCUT2D eigenvalue weighted by Crippen LogP contribution is 2.31. The Hall–Kier alpha value is -0.340. The van der Waals surface area contributed by atoms with Crippen molar-refractivity contribution < 1.29 is 0 Å². The third-order valence-corrected chi connectivity index (χ3v) is 3.71. The van der Waals surface area contributed by atoms with Crippen LogP contribution >= 0.6 is 15.9 Å². The first-order valence-electron chi connectivity index (χ1n) is 5.65. The highest BCUT2D eigenvalue weighted by Gasteiger charge is 2.18. The van der Waals surface area contributed by atoms with Gasteiger partial charge in [-0.15, -0.1) is 0 Å². The lowest BCUT2D eigenvalue weighted by Gasteiger charge is -2.23. The second-order valence-corrected chi connectivity index (χ2v) is 4.98. The number of hydrogen-bond acceptors (Lipinski definition) is 1. The van der Waals surface area contributed by atoms with E-state index in [-0.39, 0.29) is 0 Å². The first kappa shape index (κ1) is 12.7. The summed E-state index contributed by atoms with van der Waals surface area (Å²) in [6, 6.07) is 8.40. The molecule has 2 N–H and O–H groups in total. The SMILES string of the molecule is CCCC(C)C(CN)c1ccccc1Br. The fourth-order valence-electron chi connectivity index (χ4n) is 2.10. The summed E-state index contributed by atoms with van der Waals surface area (Å²) < 4.78 is 1.18. The van der Waals surface area contributed by atoms with E-state index in [1.165, 1.54) is 22.9 Å². The Bertz CT molecular complexity index is 298. The quantitative estimate of drug-likeness (QED) is 0.862. The van der Waals surface area contributed by atoms with Gasteiger partial charge in [-0.25, -0.2) is 0 Å². The topological polar surface area (TPSA) is 26.0 Å². The van der Waals surface area contributed by atoms with Crippen molar-refractivity contribution in [2.75, 3.05) is 6.54 Å². The molecule has 0 heterocycles. The van der Waals surface area contributed by atoms with Crippen LogP contribution < -0.4 is 5.73 Å². The Kier molecular flexibility index (Phi) is 5.34. The Labute approximate surface area is 101 Å². The zero-order valence-corrected chi connectivity index (χ0v) is 11.1. The van der Waals surface area contributed by atoms with E-state index in [0.29, 0.717) is 11.8 Å². The molecular weight excluding hydrogens is 250 g/mol. The zero-order valence-electron chi connectivity index (χ0n) is 9.54. The van der Waals surface area contributed by atoms with Gasteiger partial charge in [0.1, 0.15) is 0 Å². The average molecular weight is 270 g/mol. The summed E-state index contributed by atoms with van der Waals surface area (Å²) in [7, 11) is 0. The molecule has 84 valence electrons. The normalized spacial score (nSPS) is 14.9. The number of rotatable bonds is 5. The van der Waals surface area contributed by atoms with E-state index in [0.717, 1.165) is 6.54 Å². The summed E-state index contributed by atoms with van der Waals surface area (Å²) in [5.41, 5.74) is 7.23. The predicted molar refractivity (Wildman–Crippen MR) is 70.0 cm³/mol. The Morgan fingerprint density at radius 3 is 2.53 bits per heavy atom. The lowest BCUT2D eigenvalue weighted by atomic mass is 9.85. The van der Waals surface area contributed by atoms with Gasteiger partial charge in [0, 0.05) is 4.47 Å². The molecule has 1 aromatic rings. The van der Waals surface area contributed by atoms with Crippen molar-refractivity contribution >= 4 is 15.9 Å². The maximum atomic E-state index is 5.88. The summed E-state index contributed by atoms with van der Waals surface area (Å²) in [5, 5.41) is 0. The maximum Gasteiger partial charge on any atom is 0.0210 e. The average Bonchev–Trinajstić information content (AvgIpc) is 2.22. The van der Waals surface area contributed by atoms with E-state index in [2.05, 4.69) is 48.0 Å². The van der Waals surface area contributed by atoms with Gasteiger partial charge in [0.25, 0.3) is 0 Å². The molecule has 0 fully saturated rings. The van der Waals surface area contributed by atoms with Crippen LogP contribution in [0.1, 0.15) is 38.2 Å². The zero-order chi connectivity index (χ0) is 11.3. The van der Waals surface area contributed by atoms with Crippen LogP contribution in [-0.4, -0.2) is 6.54 Å². The van der Waals surface area contributed by atoms with Crippen LogP contribution in [0.25, 0.3) is 0 Å². The van der Waals surface area contributed by atoms with E-state index in [1.54, 1.807) is 0 Å². The summed E-state index contributed by atoms with van der Waals surface area (Å²) in [5.74, 6) is 1.12. The van der Waals surface area contributed by atoms with Gasteiger partial charge in [-0.2, -0.15) is 0 Å². The van der Waals surface area contributed by atoms with Crippen molar-refractivity contribution in [3.63, 3.8) is 0 Å². The predicted octanol–water partition coefficient (Wildman–Crippen LogP) is 3.93. The van der Waals surface area contributed by atoms with Crippen LogP contribution in [0.2, 0.25) is 0 Å². The van der Waals surface area contributed by atoms with Gasteiger partial charge in [-0.1, -0.05) is 60.8 Å². The summed E-state index contributed by atoms with van der Waals surface area (Å²) in [6.07, 6.45) is 2.46. The van der Waals surface area contributed by atoms with E-state index >= 15 is 0 Å². The van der Waals surface area contributed by atoms with Crippen molar-refractivity contribution in [2.24, 2.45) is 11.7 Å². The van der Waals surface area contributed by atoms with Gasteiger partial charge in [-0.05, 0) is 30.0 Å². The molecular formula is C13H20BrN. The fraction of sp³-hybridized carbons (Fsp3) is 0.538. The molecule has 2 atom stereocenters. The molecule has 0 spiro atoms. The summed E-state index contributed by atoms with van der Waals surface area (Å²) in [4.78, 5) is 0. The number of benzene rings is 1. The highest BCUT2D eigenvalue weighted by molar-refractivity contribution is 9.10. The third kappa shape index (κ3) is 3.32. The molecule has 0 aliphatic rings. The Morgan fingerprint density at radius 2 is 2.00 bits per heavy atom. The van der Waals surface area contributed by atoms with E-state index in [4.69, 9.17) is 5.73 Å². The standard InChI is InChI=1S/C13H20BrN/c1-3-6-10(2)12(9-15)11-7-4-5-8-13(11)14/h4-5,7-8,10,12H,3,6,9,15H2,1-2H3. The van der Waals surface area contributed by atoms with Gasteiger partial charge in [-0.3, -0.25) is 0 Å².